The summed E-state index contributed by atoms with van der Waals surface area (Å²) in [6.45, 7) is 0.712. The molecule has 1 saturated carbocycles. The van der Waals surface area contributed by atoms with Crippen LogP contribution in [-0.2, 0) is 16.6 Å². The monoisotopic (exact) mass is 325 g/mol. The van der Waals surface area contributed by atoms with Gasteiger partial charge in [-0.3, -0.25) is 9.59 Å². The molecule has 24 heavy (non-hydrogen) atoms. The van der Waals surface area contributed by atoms with Crippen LogP contribution in [0.1, 0.15) is 38.5 Å². The van der Waals surface area contributed by atoms with Crippen LogP contribution in [0.25, 0.3) is 10.9 Å². The van der Waals surface area contributed by atoms with Gasteiger partial charge in [-0.15, -0.1) is 0 Å². The van der Waals surface area contributed by atoms with Crippen molar-refractivity contribution in [2.75, 3.05) is 11.9 Å². The van der Waals surface area contributed by atoms with Gasteiger partial charge in [0, 0.05) is 42.8 Å². The fourth-order valence-electron chi connectivity index (χ4n) is 4.13. The van der Waals surface area contributed by atoms with E-state index in [4.69, 9.17) is 0 Å². The SMILES string of the molecule is Cn1ccc2cc(NC(=O)C3(N4CCC4=O)CCCCC3)ccc21. The second-order valence-electron chi connectivity index (χ2n) is 7.04. The summed E-state index contributed by atoms with van der Waals surface area (Å²) in [6, 6.07) is 8.00. The van der Waals surface area contributed by atoms with E-state index in [1.165, 1.54) is 0 Å². The number of β-lactam (4-membered cyclic amide) rings is 1. The molecule has 0 atom stereocenters. The number of nitrogens with one attached hydrogen (secondary N) is 1. The summed E-state index contributed by atoms with van der Waals surface area (Å²) in [7, 11) is 2.01. The minimum Gasteiger partial charge on any atom is -0.351 e. The number of amides is 2. The first kappa shape index (κ1) is 15.2. The Morgan fingerprint density at radius 3 is 2.62 bits per heavy atom. The van der Waals surface area contributed by atoms with Crippen LogP contribution in [-0.4, -0.2) is 33.4 Å². The zero-order chi connectivity index (χ0) is 16.7. The van der Waals surface area contributed by atoms with Crippen molar-refractivity contribution in [3.8, 4) is 0 Å². The Bertz CT molecular complexity index is 802. The van der Waals surface area contributed by atoms with Crippen LogP contribution in [0.15, 0.2) is 30.5 Å². The molecule has 1 aliphatic carbocycles. The maximum atomic E-state index is 13.1. The highest BCUT2D eigenvalue weighted by atomic mass is 16.2. The molecule has 5 heteroatoms. The van der Waals surface area contributed by atoms with Gasteiger partial charge in [0.15, 0.2) is 0 Å². The third kappa shape index (κ3) is 2.30. The molecule has 5 nitrogen and oxygen atoms in total. The van der Waals surface area contributed by atoms with Gasteiger partial charge < -0.3 is 14.8 Å². The second kappa shape index (κ2) is 5.65. The molecule has 2 fully saturated rings. The molecular formula is C19H23N3O2. The average Bonchev–Trinajstić information content (AvgIpc) is 2.95. The summed E-state index contributed by atoms with van der Waals surface area (Å²) in [4.78, 5) is 26.9. The fraction of sp³-hybridized carbons (Fsp3) is 0.474. The number of rotatable bonds is 3. The predicted molar refractivity (Wildman–Crippen MR) is 93.7 cm³/mol. The van der Waals surface area contributed by atoms with Crippen molar-refractivity contribution in [2.24, 2.45) is 7.05 Å². The summed E-state index contributed by atoms with van der Waals surface area (Å²) in [5.41, 5.74) is 1.30. The number of aromatic nitrogens is 1. The van der Waals surface area contributed by atoms with Crippen molar-refractivity contribution in [3.63, 3.8) is 0 Å². The Morgan fingerprint density at radius 1 is 1.17 bits per heavy atom. The average molecular weight is 325 g/mol. The van der Waals surface area contributed by atoms with E-state index in [1.807, 2.05) is 42.4 Å². The smallest absolute Gasteiger partial charge is 0.250 e. The van der Waals surface area contributed by atoms with Crippen LogP contribution in [0.5, 0.6) is 0 Å². The maximum absolute atomic E-state index is 13.1. The number of hydrogen-bond acceptors (Lipinski definition) is 2. The van der Waals surface area contributed by atoms with Gasteiger partial charge in [0.05, 0.1) is 0 Å². The minimum atomic E-state index is -0.640. The first-order valence-electron chi connectivity index (χ1n) is 8.77. The van der Waals surface area contributed by atoms with E-state index in [2.05, 4.69) is 9.88 Å². The number of benzene rings is 1. The summed E-state index contributed by atoms with van der Waals surface area (Å²) in [5.74, 6) is 0.0936. The molecule has 2 aliphatic rings. The first-order chi connectivity index (χ1) is 11.6. The summed E-state index contributed by atoms with van der Waals surface area (Å²) in [6.07, 6.45) is 7.30. The zero-order valence-corrected chi connectivity index (χ0v) is 14.0. The molecule has 2 aromatic rings. The number of aryl methyl sites for hydroxylation is 1. The van der Waals surface area contributed by atoms with E-state index in [-0.39, 0.29) is 11.8 Å². The number of hydrogen-bond donors (Lipinski definition) is 1. The van der Waals surface area contributed by atoms with Gasteiger partial charge in [-0.25, -0.2) is 0 Å². The molecule has 1 aromatic heterocycles. The van der Waals surface area contributed by atoms with Gasteiger partial charge in [-0.05, 0) is 37.1 Å². The van der Waals surface area contributed by atoms with E-state index in [9.17, 15) is 9.59 Å². The number of fused-ring (bicyclic) bond motifs is 1. The number of anilines is 1. The quantitative estimate of drug-likeness (QED) is 0.882. The van der Waals surface area contributed by atoms with Crippen molar-refractivity contribution >= 4 is 28.4 Å². The molecule has 0 bridgehead atoms. The molecule has 1 aromatic carbocycles. The number of likely N-dealkylation sites (tertiary alicyclic amines) is 1. The van der Waals surface area contributed by atoms with Gasteiger partial charge in [0.1, 0.15) is 5.54 Å². The van der Waals surface area contributed by atoms with Gasteiger partial charge in [0.2, 0.25) is 11.8 Å². The minimum absolute atomic E-state index is 0.0227. The molecule has 2 amide bonds. The molecular weight excluding hydrogens is 302 g/mol. The van der Waals surface area contributed by atoms with Crippen LogP contribution in [0.4, 0.5) is 5.69 Å². The predicted octanol–water partition coefficient (Wildman–Crippen LogP) is 3.05. The van der Waals surface area contributed by atoms with Crippen molar-refractivity contribution in [1.82, 2.24) is 9.47 Å². The van der Waals surface area contributed by atoms with E-state index in [1.54, 1.807) is 0 Å². The van der Waals surface area contributed by atoms with Crippen LogP contribution in [0, 0.1) is 0 Å². The largest absolute Gasteiger partial charge is 0.351 e. The van der Waals surface area contributed by atoms with Gasteiger partial charge in [-0.2, -0.15) is 0 Å². The highest BCUT2D eigenvalue weighted by Crippen LogP contribution is 2.38. The van der Waals surface area contributed by atoms with Gasteiger partial charge in [0.25, 0.3) is 0 Å². The van der Waals surface area contributed by atoms with Gasteiger partial charge in [-0.1, -0.05) is 19.3 Å². The Balaban J connectivity index is 1.61. The lowest BCUT2D eigenvalue weighted by molar-refractivity contribution is -0.157. The van der Waals surface area contributed by atoms with Crippen LogP contribution in [0.2, 0.25) is 0 Å². The van der Waals surface area contributed by atoms with E-state index < -0.39 is 5.54 Å². The molecule has 0 spiro atoms. The van der Waals surface area contributed by atoms with E-state index in [0.717, 1.165) is 48.7 Å². The second-order valence-corrected chi connectivity index (χ2v) is 7.04. The molecule has 0 radical (unpaired) electrons. The van der Waals surface area contributed by atoms with Crippen molar-refractivity contribution in [2.45, 2.75) is 44.1 Å². The standard InChI is InChI=1S/C19H23N3O2/c1-21-11-7-14-13-15(5-6-16(14)21)20-18(24)19(9-3-2-4-10-19)22-12-8-17(22)23/h5-7,11,13H,2-4,8-10,12H2,1H3,(H,20,24). The molecule has 1 N–H and O–H groups in total. The van der Waals surface area contributed by atoms with Gasteiger partial charge >= 0.3 is 0 Å². The molecule has 126 valence electrons. The third-order valence-electron chi connectivity index (χ3n) is 5.61. The Kier molecular flexibility index (Phi) is 3.59. The maximum Gasteiger partial charge on any atom is 0.250 e. The number of nitrogens with zero attached hydrogens (tertiary/aromatic N) is 2. The molecule has 0 unspecified atom stereocenters. The van der Waals surface area contributed by atoms with Crippen molar-refractivity contribution < 1.29 is 9.59 Å². The molecule has 4 rings (SSSR count). The van der Waals surface area contributed by atoms with E-state index >= 15 is 0 Å². The molecule has 1 aliphatic heterocycles. The topological polar surface area (TPSA) is 54.3 Å². The lowest BCUT2D eigenvalue weighted by Gasteiger charge is -2.49. The summed E-state index contributed by atoms with van der Waals surface area (Å²) in [5, 5.41) is 4.19. The van der Waals surface area contributed by atoms with Crippen LogP contribution >= 0.6 is 0 Å². The first-order valence-corrected chi connectivity index (χ1v) is 8.77. The van der Waals surface area contributed by atoms with Crippen molar-refractivity contribution in [3.05, 3.63) is 30.5 Å². The highest BCUT2D eigenvalue weighted by molar-refractivity contribution is 6.02. The van der Waals surface area contributed by atoms with Crippen LogP contribution in [0.3, 0.4) is 0 Å². The lowest BCUT2D eigenvalue weighted by Crippen LogP contribution is -2.64. The summed E-state index contributed by atoms with van der Waals surface area (Å²) < 4.78 is 2.06. The normalized spacial score (nSPS) is 20.0. The Labute approximate surface area is 141 Å². The number of carbonyl (C=O) groups excluding carboxylic acids is 2. The van der Waals surface area contributed by atoms with Crippen molar-refractivity contribution in [1.29, 1.82) is 0 Å². The summed E-state index contributed by atoms with van der Waals surface area (Å²) >= 11 is 0. The van der Waals surface area contributed by atoms with E-state index in [0.29, 0.717) is 13.0 Å². The Hall–Kier alpha value is -2.30. The third-order valence-corrected chi connectivity index (χ3v) is 5.61. The highest BCUT2D eigenvalue weighted by Gasteiger charge is 2.49. The molecule has 1 saturated heterocycles. The zero-order valence-electron chi connectivity index (χ0n) is 14.0. The Morgan fingerprint density at radius 2 is 1.96 bits per heavy atom. The molecule has 2 heterocycles. The lowest BCUT2D eigenvalue weighted by atomic mass is 9.77. The fourth-order valence-corrected chi connectivity index (χ4v) is 4.13. The number of carbonyl (C=O) groups is 2. The van der Waals surface area contributed by atoms with Crippen LogP contribution < -0.4 is 5.32 Å².